The minimum Gasteiger partial charge on any atom is -0.356 e. The van der Waals surface area contributed by atoms with E-state index in [9.17, 15) is 9.18 Å². The first-order chi connectivity index (χ1) is 17.1. The van der Waals surface area contributed by atoms with E-state index in [0.717, 1.165) is 16.9 Å². The van der Waals surface area contributed by atoms with Gasteiger partial charge >= 0.3 is 0 Å². The van der Waals surface area contributed by atoms with Gasteiger partial charge in [0.2, 0.25) is 11.7 Å². The largest absolute Gasteiger partial charge is 0.356 e. The van der Waals surface area contributed by atoms with Crippen LogP contribution in [0.3, 0.4) is 0 Å². The third kappa shape index (κ3) is 5.17. The van der Waals surface area contributed by atoms with Crippen molar-refractivity contribution in [2.24, 2.45) is 5.92 Å². The van der Waals surface area contributed by atoms with E-state index in [1.807, 2.05) is 24.3 Å². The molecule has 1 aliphatic rings. The van der Waals surface area contributed by atoms with E-state index < -0.39 is 0 Å². The fourth-order valence-electron chi connectivity index (χ4n) is 4.22. The van der Waals surface area contributed by atoms with Crippen LogP contribution in [0.5, 0.6) is 0 Å². The number of nitrogens with zero attached hydrogens (tertiary/aromatic N) is 4. The molecule has 1 amide bonds. The number of carbonyl (C=O) groups excluding carboxylic acids is 1. The van der Waals surface area contributed by atoms with Gasteiger partial charge in [-0.15, -0.1) is 0 Å². The molecule has 1 fully saturated rings. The van der Waals surface area contributed by atoms with Crippen LogP contribution in [0.15, 0.2) is 71.4 Å². The molecule has 0 radical (unpaired) electrons. The monoisotopic (exact) mass is 491 g/mol. The molecule has 0 aliphatic carbocycles. The summed E-state index contributed by atoms with van der Waals surface area (Å²) < 4.78 is 19.4. The highest BCUT2D eigenvalue weighted by molar-refractivity contribution is 6.30. The maximum atomic E-state index is 13.8. The number of piperidine rings is 1. The Bertz CT molecular complexity index is 1340. The smallest absolute Gasteiger partial charge is 0.261 e. The van der Waals surface area contributed by atoms with Gasteiger partial charge in [0.15, 0.2) is 0 Å². The summed E-state index contributed by atoms with van der Waals surface area (Å²) in [7, 11) is 0. The number of aromatic nitrogens is 3. The molecule has 4 aromatic rings. The Morgan fingerprint density at radius 1 is 1.11 bits per heavy atom. The first-order valence-electron chi connectivity index (χ1n) is 11.4. The molecule has 0 unspecified atom stereocenters. The third-order valence-corrected chi connectivity index (χ3v) is 6.34. The van der Waals surface area contributed by atoms with Gasteiger partial charge in [0, 0.05) is 47.9 Å². The van der Waals surface area contributed by atoms with Crippen molar-refractivity contribution >= 4 is 23.3 Å². The Morgan fingerprint density at radius 3 is 2.74 bits per heavy atom. The molecule has 2 aromatic heterocycles. The van der Waals surface area contributed by atoms with E-state index in [1.54, 1.807) is 36.5 Å². The zero-order chi connectivity index (χ0) is 24.2. The summed E-state index contributed by atoms with van der Waals surface area (Å²) >= 11 is 6.09. The van der Waals surface area contributed by atoms with Crippen LogP contribution in [0, 0.1) is 11.7 Å². The van der Waals surface area contributed by atoms with E-state index in [2.05, 4.69) is 25.3 Å². The minimum atomic E-state index is -0.315. The molecule has 2 aromatic carbocycles. The van der Waals surface area contributed by atoms with Crippen molar-refractivity contribution in [3.8, 4) is 22.8 Å². The standard InChI is InChI=1S/C26H23ClFN5O2/c27-20-7-3-6-18(15-20)23-31-26(35-32-23)21-8-4-12-29-24(21)33-13-10-17(11-14-33)25(34)30-16-19-5-1-2-9-22(19)28/h1-9,12,15,17H,10-11,13-14,16H2,(H,30,34). The highest BCUT2D eigenvalue weighted by Crippen LogP contribution is 2.32. The number of halogens is 2. The van der Waals surface area contributed by atoms with E-state index in [-0.39, 0.29) is 24.2 Å². The molecular weight excluding hydrogens is 469 g/mol. The lowest BCUT2D eigenvalue weighted by Crippen LogP contribution is -2.41. The Hall–Kier alpha value is -3.78. The van der Waals surface area contributed by atoms with Crippen molar-refractivity contribution in [2.45, 2.75) is 19.4 Å². The van der Waals surface area contributed by atoms with Crippen molar-refractivity contribution in [3.63, 3.8) is 0 Å². The summed E-state index contributed by atoms with van der Waals surface area (Å²) in [6, 6.07) is 17.4. The lowest BCUT2D eigenvalue weighted by molar-refractivity contribution is -0.125. The van der Waals surface area contributed by atoms with Crippen molar-refractivity contribution < 1.29 is 13.7 Å². The lowest BCUT2D eigenvalue weighted by Gasteiger charge is -2.32. The maximum absolute atomic E-state index is 13.8. The fraction of sp³-hybridized carbons (Fsp3) is 0.231. The molecule has 7 nitrogen and oxygen atoms in total. The molecule has 0 saturated carbocycles. The Balaban J connectivity index is 1.25. The number of anilines is 1. The predicted molar refractivity (Wildman–Crippen MR) is 131 cm³/mol. The summed E-state index contributed by atoms with van der Waals surface area (Å²) in [5.41, 5.74) is 1.98. The molecule has 0 atom stereocenters. The number of benzene rings is 2. The molecule has 5 rings (SSSR count). The average molecular weight is 492 g/mol. The second kappa shape index (κ2) is 10.2. The first kappa shape index (κ1) is 23.0. The number of nitrogens with one attached hydrogen (secondary N) is 1. The van der Waals surface area contributed by atoms with Gasteiger partial charge in [-0.3, -0.25) is 4.79 Å². The molecule has 0 bridgehead atoms. The summed E-state index contributed by atoms with van der Waals surface area (Å²) in [5.74, 6) is 1.04. The number of carbonyl (C=O) groups is 1. The van der Waals surface area contributed by atoms with Crippen LogP contribution < -0.4 is 10.2 Å². The van der Waals surface area contributed by atoms with Crippen molar-refractivity contribution in [3.05, 3.63) is 83.3 Å². The second-order valence-corrected chi connectivity index (χ2v) is 8.82. The van der Waals surface area contributed by atoms with E-state index in [4.69, 9.17) is 16.1 Å². The fourth-order valence-corrected chi connectivity index (χ4v) is 4.41. The van der Waals surface area contributed by atoms with Crippen LogP contribution in [0.25, 0.3) is 22.8 Å². The lowest BCUT2D eigenvalue weighted by atomic mass is 9.95. The summed E-state index contributed by atoms with van der Waals surface area (Å²) in [6.45, 7) is 1.48. The minimum absolute atomic E-state index is 0.0581. The van der Waals surface area contributed by atoms with Crippen LogP contribution in [-0.2, 0) is 11.3 Å². The molecule has 1 N–H and O–H groups in total. The van der Waals surface area contributed by atoms with Gasteiger partial charge in [-0.25, -0.2) is 9.37 Å². The highest BCUT2D eigenvalue weighted by Gasteiger charge is 2.28. The number of rotatable bonds is 6. The van der Waals surface area contributed by atoms with E-state index in [0.29, 0.717) is 48.2 Å². The van der Waals surface area contributed by atoms with Crippen LogP contribution in [0.1, 0.15) is 18.4 Å². The predicted octanol–water partition coefficient (Wildman–Crippen LogP) is 5.12. The van der Waals surface area contributed by atoms with Gasteiger partial charge in [-0.05, 0) is 43.2 Å². The van der Waals surface area contributed by atoms with Crippen LogP contribution in [0.2, 0.25) is 5.02 Å². The van der Waals surface area contributed by atoms with E-state index >= 15 is 0 Å². The van der Waals surface area contributed by atoms with Gasteiger partial charge in [-0.1, -0.05) is 47.1 Å². The highest BCUT2D eigenvalue weighted by atomic mass is 35.5. The average Bonchev–Trinajstić information content (AvgIpc) is 3.39. The Kier molecular flexibility index (Phi) is 6.72. The number of hydrogen-bond acceptors (Lipinski definition) is 6. The molecule has 3 heterocycles. The summed E-state index contributed by atoms with van der Waals surface area (Å²) in [4.78, 5) is 23.9. The number of amides is 1. The molecule has 9 heteroatoms. The van der Waals surface area contributed by atoms with E-state index in [1.165, 1.54) is 6.07 Å². The van der Waals surface area contributed by atoms with Crippen LogP contribution in [-0.4, -0.2) is 34.1 Å². The Labute approximate surface area is 206 Å². The zero-order valence-electron chi connectivity index (χ0n) is 18.8. The van der Waals surface area contributed by atoms with Crippen molar-refractivity contribution in [2.75, 3.05) is 18.0 Å². The number of hydrogen-bond donors (Lipinski definition) is 1. The number of pyridine rings is 1. The molecule has 0 spiro atoms. The maximum Gasteiger partial charge on any atom is 0.261 e. The molecular formula is C26H23ClFN5O2. The zero-order valence-corrected chi connectivity index (χ0v) is 19.6. The van der Waals surface area contributed by atoms with Gasteiger partial charge in [0.1, 0.15) is 11.6 Å². The molecule has 1 saturated heterocycles. The summed E-state index contributed by atoms with van der Waals surface area (Å²) in [6.07, 6.45) is 3.05. The van der Waals surface area contributed by atoms with Crippen molar-refractivity contribution in [1.29, 1.82) is 0 Å². The molecule has 35 heavy (non-hydrogen) atoms. The first-order valence-corrected chi connectivity index (χ1v) is 11.8. The van der Waals surface area contributed by atoms with Gasteiger partial charge in [0.25, 0.3) is 5.89 Å². The quantitative estimate of drug-likeness (QED) is 0.403. The SMILES string of the molecule is O=C(NCc1ccccc1F)C1CCN(c2ncccc2-c2nc(-c3cccc(Cl)c3)no2)CC1. The topological polar surface area (TPSA) is 84.2 Å². The third-order valence-electron chi connectivity index (χ3n) is 6.10. The summed E-state index contributed by atoms with van der Waals surface area (Å²) in [5, 5.41) is 7.57. The normalized spacial score (nSPS) is 14.2. The second-order valence-electron chi connectivity index (χ2n) is 8.38. The molecule has 1 aliphatic heterocycles. The van der Waals surface area contributed by atoms with Crippen molar-refractivity contribution in [1.82, 2.24) is 20.4 Å². The van der Waals surface area contributed by atoms with Gasteiger partial charge < -0.3 is 14.7 Å². The van der Waals surface area contributed by atoms with Gasteiger partial charge in [0.05, 0.1) is 5.56 Å². The van der Waals surface area contributed by atoms with Crippen LogP contribution in [0.4, 0.5) is 10.2 Å². The molecule has 178 valence electrons. The van der Waals surface area contributed by atoms with Gasteiger partial charge in [-0.2, -0.15) is 4.98 Å². The Morgan fingerprint density at radius 2 is 1.94 bits per heavy atom. The van der Waals surface area contributed by atoms with Crippen LogP contribution >= 0.6 is 11.6 Å².